The summed E-state index contributed by atoms with van der Waals surface area (Å²) in [6.07, 6.45) is 1.45. The van der Waals surface area contributed by atoms with E-state index in [1.165, 1.54) is 16.6 Å². The Morgan fingerprint density at radius 2 is 2.23 bits per heavy atom. The Labute approximate surface area is 129 Å². The molecule has 2 heterocycles. The van der Waals surface area contributed by atoms with E-state index in [9.17, 15) is 4.79 Å². The first-order valence-electron chi connectivity index (χ1n) is 7.55. The van der Waals surface area contributed by atoms with Gasteiger partial charge in [-0.25, -0.2) is 0 Å². The lowest BCUT2D eigenvalue weighted by molar-refractivity contribution is -0.0233. The Bertz CT molecular complexity index is 668. The number of benzene rings is 1. The molecule has 2 aromatic rings. The number of carbonyl (C=O) groups is 1. The Kier molecular flexibility index (Phi) is 4.20. The highest BCUT2D eigenvalue weighted by molar-refractivity contribution is 5.92. The van der Waals surface area contributed by atoms with E-state index < -0.39 is 0 Å². The van der Waals surface area contributed by atoms with Gasteiger partial charge >= 0.3 is 0 Å². The summed E-state index contributed by atoms with van der Waals surface area (Å²) in [4.78, 5) is 15.9. The first kappa shape index (κ1) is 14.7. The molecule has 1 aromatic carbocycles. The topological polar surface area (TPSA) is 60.2 Å². The molecular formula is C16H20N4O2. The molecule has 1 fully saturated rings. The van der Waals surface area contributed by atoms with Crippen LogP contribution in [0.1, 0.15) is 34.6 Å². The summed E-state index contributed by atoms with van der Waals surface area (Å²) in [5, 5.41) is 8.26. The number of ether oxygens (including phenoxy) is 1. The molecule has 6 nitrogen and oxygen atoms in total. The number of morpholine rings is 1. The summed E-state index contributed by atoms with van der Waals surface area (Å²) in [6, 6.07) is 8.13. The van der Waals surface area contributed by atoms with Crippen LogP contribution in [0.2, 0.25) is 0 Å². The van der Waals surface area contributed by atoms with Gasteiger partial charge in [-0.1, -0.05) is 24.3 Å². The van der Waals surface area contributed by atoms with Crippen molar-refractivity contribution in [2.24, 2.45) is 0 Å². The average Bonchev–Trinajstić information content (AvgIpc) is 3.04. The van der Waals surface area contributed by atoms with E-state index in [4.69, 9.17) is 4.74 Å². The highest BCUT2D eigenvalue weighted by atomic mass is 16.5. The molecule has 0 bridgehead atoms. The molecule has 6 heteroatoms. The lowest BCUT2D eigenvalue weighted by Crippen LogP contribution is -2.42. The van der Waals surface area contributed by atoms with E-state index in [1.807, 2.05) is 19.1 Å². The van der Waals surface area contributed by atoms with Crippen molar-refractivity contribution in [2.45, 2.75) is 26.5 Å². The fraction of sp³-hybridized carbons (Fsp3) is 0.438. The standard InChI is InChI=1S/C16H20N4O2/c1-3-20-17-10-14(18-20)16(21)19-8-9-22-15(11-19)13-7-5-4-6-12(13)2/h4-7,10,15H,3,8-9,11H2,1-2H3. The van der Waals surface area contributed by atoms with Crippen molar-refractivity contribution in [1.29, 1.82) is 0 Å². The molecule has 1 saturated heterocycles. The fourth-order valence-corrected chi connectivity index (χ4v) is 2.68. The second-order valence-corrected chi connectivity index (χ2v) is 5.39. The maximum Gasteiger partial charge on any atom is 0.276 e. The third-order valence-electron chi connectivity index (χ3n) is 3.93. The van der Waals surface area contributed by atoms with Crippen LogP contribution < -0.4 is 0 Å². The largest absolute Gasteiger partial charge is 0.370 e. The van der Waals surface area contributed by atoms with Crippen molar-refractivity contribution in [2.75, 3.05) is 19.7 Å². The summed E-state index contributed by atoms with van der Waals surface area (Å²) in [6.45, 7) is 6.32. The number of rotatable bonds is 3. The lowest BCUT2D eigenvalue weighted by atomic mass is 10.0. The van der Waals surface area contributed by atoms with Gasteiger partial charge in [-0.2, -0.15) is 9.90 Å². The van der Waals surface area contributed by atoms with Crippen LogP contribution in [0.4, 0.5) is 0 Å². The number of nitrogens with zero attached hydrogens (tertiary/aromatic N) is 4. The van der Waals surface area contributed by atoms with Gasteiger partial charge in [0.15, 0.2) is 5.69 Å². The van der Waals surface area contributed by atoms with Crippen molar-refractivity contribution in [3.05, 3.63) is 47.3 Å². The zero-order valence-electron chi connectivity index (χ0n) is 12.9. The van der Waals surface area contributed by atoms with E-state index in [0.29, 0.717) is 31.9 Å². The van der Waals surface area contributed by atoms with Crippen LogP contribution in [0, 0.1) is 6.92 Å². The van der Waals surface area contributed by atoms with Crippen molar-refractivity contribution in [3.63, 3.8) is 0 Å². The molecule has 0 saturated carbocycles. The first-order chi connectivity index (χ1) is 10.7. The van der Waals surface area contributed by atoms with Gasteiger partial charge in [0.05, 0.1) is 25.9 Å². The number of amides is 1. The van der Waals surface area contributed by atoms with E-state index in [2.05, 4.69) is 29.3 Å². The lowest BCUT2D eigenvalue weighted by Gasteiger charge is -2.33. The fourth-order valence-electron chi connectivity index (χ4n) is 2.68. The van der Waals surface area contributed by atoms with Gasteiger partial charge in [0.2, 0.25) is 0 Å². The van der Waals surface area contributed by atoms with Gasteiger partial charge < -0.3 is 9.64 Å². The maximum atomic E-state index is 12.5. The smallest absolute Gasteiger partial charge is 0.276 e. The molecular weight excluding hydrogens is 280 g/mol. The minimum absolute atomic E-state index is 0.0819. The molecule has 1 unspecified atom stereocenters. The number of hydrogen-bond acceptors (Lipinski definition) is 4. The quantitative estimate of drug-likeness (QED) is 0.867. The van der Waals surface area contributed by atoms with Crippen molar-refractivity contribution in [3.8, 4) is 0 Å². The van der Waals surface area contributed by atoms with E-state index in [0.717, 1.165) is 5.56 Å². The van der Waals surface area contributed by atoms with E-state index in [-0.39, 0.29) is 12.0 Å². The average molecular weight is 300 g/mol. The number of aromatic nitrogens is 3. The van der Waals surface area contributed by atoms with Crippen LogP contribution in [0.3, 0.4) is 0 Å². The highest BCUT2D eigenvalue weighted by Gasteiger charge is 2.28. The molecule has 0 radical (unpaired) electrons. The Morgan fingerprint density at radius 3 is 2.95 bits per heavy atom. The molecule has 1 atom stereocenters. The summed E-state index contributed by atoms with van der Waals surface area (Å²) in [7, 11) is 0. The first-order valence-corrected chi connectivity index (χ1v) is 7.55. The summed E-state index contributed by atoms with van der Waals surface area (Å²) < 4.78 is 5.85. The number of aryl methyl sites for hydroxylation is 2. The molecule has 0 aliphatic carbocycles. The van der Waals surface area contributed by atoms with Crippen LogP contribution in [0.25, 0.3) is 0 Å². The van der Waals surface area contributed by atoms with Gasteiger partial charge in [0, 0.05) is 6.54 Å². The predicted octanol–water partition coefficient (Wildman–Crippen LogP) is 1.82. The molecule has 116 valence electrons. The Morgan fingerprint density at radius 1 is 1.41 bits per heavy atom. The van der Waals surface area contributed by atoms with Crippen LogP contribution in [-0.4, -0.2) is 45.5 Å². The van der Waals surface area contributed by atoms with Crippen molar-refractivity contribution >= 4 is 5.91 Å². The molecule has 3 rings (SSSR count). The van der Waals surface area contributed by atoms with Gasteiger partial charge in [-0.3, -0.25) is 4.79 Å². The molecule has 22 heavy (non-hydrogen) atoms. The van der Waals surface area contributed by atoms with Gasteiger partial charge in [0.25, 0.3) is 5.91 Å². The minimum Gasteiger partial charge on any atom is -0.370 e. The summed E-state index contributed by atoms with van der Waals surface area (Å²) in [5.74, 6) is -0.0819. The predicted molar refractivity (Wildman–Crippen MR) is 81.5 cm³/mol. The normalized spacial score (nSPS) is 18.5. The van der Waals surface area contributed by atoms with Crippen molar-refractivity contribution < 1.29 is 9.53 Å². The van der Waals surface area contributed by atoms with Crippen LogP contribution in [0.15, 0.2) is 30.5 Å². The zero-order valence-corrected chi connectivity index (χ0v) is 12.9. The molecule has 0 spiro atoms. The summed E-state index contributed by atoms with van der Waals surface area (Å²) >= 11 is 0. The SMILES string of the molecule is CCn1ncc(C(=O)N2CCOC(c3ccccc3C)C2)n1. The number of carbonyl (C=O) groups excluding carboxylic acids is 1. The molecule has 1 aliphatic rings. The second-order valence-electron chi connectivity index (χ2n) is 5.39. The van der Waals surface area contributed by atoms with E-state index in [1.54, 1.807) is 4.90 Å². The van der Waals surface area contributed by atoms with E-state index >= 15 is 0 Å². The van der Waals surface area contributed by atoms with Gasteiger partial charge in [-0.05, 0) is 25.0 Å². The zero-order chi connectivity index (χ0) is 15.5. The van der Waals surface area contributed by atoms with Gasteiger partial charge in [-0.15, -0.1) is 5.10 Å². The minimum atomic E-state index is -0.0832. The monoisotopic (exact) mass is 300 g/mol. The van der Waals surface area contributed by atoms with Crippen LogP contribution in [-0.2, 0) is 11.3 Å². The van der Waals surface area contributed by atoms with Crippen LogP contribution in [0.5, 0.6) is 0 Å². The highest BCUT2D eigenvalue weighted by Crippen LogP contribution is 2.25. The number of hydrogen-bond donors (Lipinski definition) is 0. The molecule has 1 amide bonds. The third kappa shape index (κ3) is 2.87. The second kappa shape index (κ2) is 6.27. The Balaban J connectivity index is 1.75. The molecule has 1 aliphatic heterocycles. The van der Waals surface area contributed by atoms with Crippen LogP contribution >= 0.6 is 0 Å². The third-order valence-corrected chi connectivity index (χ3v) is 3.93. The molecule has 0 N–H and O–H groups in total. The molecule has 1 aromatic heterocycles. The van der Waals surface area contributed by atoms with Crippen molar-refractivity contribution in [1.82, 2.24) is 19.9 Å². The maximum absolute atomic E-state index is 12.5. The Hall–Kier alpha value is -2.21. The van der Waals surface area contributed by atoms with Gasteiger partial charge in [0.1, 0.15) is 6.10 Å². The summed E-state index contributed by atoms with van der Waals surface area (Å²) in [5.41, 5.74) is 2.71.